The maximum atomic E-state index is 12.8. The lowest BCUT2D eigenvalue weighted by atomic mass is 9.92. The van der Waals surface area contributed by atoms with Gasteiger partial charge in [-0.1, -0.05) is 6.08 Å². The van der Waals surface area contributed by atoms with E-state index >= 15 is 0 Å². The van der Waals surface area contributed by atoms with Crippen molar-refractivity contribution in [3.05, 3.63) is 23.7 Å². The van der Waals surface area contributed by atoms with Crippen LogP contribution < -0.4 is 5.32 Å². The summed E-state index contributed by atoms with van der Waals surface area (Å²) in [6.45, 7) is 13.8. The topological polar surface area (TPSA) is 92.7 Å². The first kappa shape index (κ1) is 30.4. The average molecular weight is 512 g/mol. The summed E-state index contributed by atoms with van der Waals surface area (Å²) in [5, 5.41) is 14.8. The van der Waals surface area contributed by atoms with E-state index < -0.39 is 11.8 Å². The van der Waals surface area contributed by atoms with E-state index in [1.807, 2.05) is 44.9 Å². The number of amides is 1. The summed E-state index contributed by atoms with van der Waals surface area (Å²) in [4.78, 5) is 16.7. The third-order valence-corrected chi connectivity index (χ3v) is 6.71. The van der Waals surface area contributed by atoms with Gasteiger partial charge in [0.05, 0.1) is 13.7 Å². The molecular formula is C27H49N3O6. The Morgan fingerprint density at radius 3 is 2.50 bits per heavy atom. The minimum Gasteiger partial charge on any atom is -0.494 e. The Morgan fingerprint density at radius 1 is 1.22 bits per heavy atom. The lowest BCUT2D eigenvalue weighted by Gasteiger charge is -2.38. The molecule has 208 valence electrons. The Bertz CT molecular complexity index is 748. The number of carbonyl (C=O) groups is 1. The summed E-state index contributed by atoms with van der Waals surface area (Å²) in [6.07, 6.45) is 4.28. The molecule has 9 heteroatoms. The standard InChI is InChI=1S/C27H49N3O6/c1-19(2)30(18-22-17-29(16-21(22)15-28-6)26(32)36-27(3,4)5)25(31)20-10-11-23(34-8)24(14-20)35-13-9-12-33-7/h10-11,19-22,25,28,31H,9,12-18H2,1-8H3/t20?,21-,22+,25?/m1/s1. The van der Waals surface area contributed by atoms with Crippen LogP contribution in [0.5, 0.6) is 0 Å². The van der Waals surface area contributed by atoms with Crippen molar-refractivity contribution in [2.24, 2.45) is 17.8 Å². The Kier molecular flexibility index (Phi) is 12.0. The highest BCUT2D eigenvalue weighted by atomic mass is 16.6. The van der Waals surface area contributed by atoms with Crippen molar-refractivity contribution in [1.82, 2.24) is 15.1 Å². The minimum absolute atomic E-state index is 0.123. The van der Waals surface area contributed by atoms with Gasteiger partial charge in [0.25, 0.3) is 0 Å². The summed E-state index contributed by atoms with van der Waals surface area (Å²) in [5.41, 5.74) is -0.529. The molecule has 0 aromatic carbocycles. The molecule has 0 aromatic rings. The molecule has 0 bridgehead atoms. The second kappa shape index (κ2) is 14.2. The number of allylic oxidation sites excluding steroid dienone is 2. The number of likely N-dealkylation sites (tertiary alicyclic amines) is 1. The van der Waals surface area contributed by atoms with Gasteiger partial charge in [-0.3, -0.25) is 4.90 Å². The molecule has 2 unspecified atom stereocenters. The molecule has 2 N–H and O–H groups in total. The van der Waals surface area contributed by atoms with Crippen molar-refractivity contribution in [1.29, 1.82) is 0 Å². The van der Waals surface area contributed by atoms with E-state index in [4.69, 9.17) is 18.9 Å². The maximum Gasteiger partial charge on any atom is 0.410 e. The molecule has 1 amide bonds. The van der Waals surface area contributed by atoms with Crippen LogP contribution in [0.3, 0.4) is 0 Å². The highest BCUT2D eigenvalue weighted by Crippen LogP contribution is 2.32. The molecule has 2 aliphatic rings. The summed E-state index contributed by atoms with van der Waals surface area (Å²) in [5.74, 6) is 1.82. The van der Waals surface area contributed by atoms with E-state index in [1.54, 1.807) is 14.2 Å². The summed E-state index contributed by atoms with van der Waals surface area (Å²) < 4.78 is 22.2. The zero-order valence-electron chi connectivity index (χ0n) is 23.6. The quantitative estimate of drug-likeness (QED) is 0.288. The van der Waals surface area contributed by atoms with Crippen molar-refractivity contribution >= 4 is 6.09 Å². The van der Waals surface area contributed by atoms with Crippen LogP contribution >= 0.6 is 0 Å². The zero-order valence-corrected chi connectivity index (χ0v) is 23.6. The van der Waals surface area contributed by atoms with E-state index in [0.717, 1.165) is 18.7 Å². The SMILES string of the molecule is CNC[C@@H]1CN(C(=O)OC(C)(C)C)C[C@H]1CN(C(C)C)C(O)C1C=CC(OC)=C(OCCCOC)C1. The number of carbonyl (C=O) groups excluding carboxylic acids is 1. The number of nitrogens with one attached hydrogen (secondary N) is 1. The van der Waals surface area contributed by atoms with E-state index in [2.05, 4.69) is 24.1 Å². The summed E-state index contributed by atoms with van der Waals surface area (Å²) in [7, 11) is 5.24. The van der Waals surface area contributed by atoms with Crippen LogP contribution in [0.25, 0.3) is 0 Å². The van der Waals surface area contributed by atoms with Gasteiger partial charge in [0.1, 0.15) is 17.6 Å². The van der Waals surface area contributed by atoms with Crippen molar-refractivity contribution in [2.45, 2.75) is 65.3 Å². The fourth-order valence-corrected chi connectivity index (χ4v) is 4.86. The molecule has 0 spiro atoms. The van der Waals surface area contributed by atoms with E-state index in [-0.39, 0.29) is 29.9 Å². The molecule has 1 fully saturated rings. The van der Waals surface area contributed by atoms with Gasteiger partial charge in [0, 0.05) is 58.2 Å². The fraction of sp³-hybridized carbons (Fsp3) is 0.815. The first-order valence-corrected chi connectivity index (χ1v) is 13.1. The first-order chi connectivity index (χ1) is 17.0. The summed E-state index contributed by atoms with van der Waals surface area (Å²) >= 11 is 0. The molecule has 36 heavy (non-hydrogen) atoms. The lowest BCUT2D eigenvalue weighted by molar-refractivity contribution is -0.0579. The Hall–Kier alpha value is -1.81. The zero-order chi connectivity index (χ0) is 26.9. The maximum absolute atomic E-state index is 12.8. The Labute approximate surface area is 217 Å². The predicted octanol–water partition coefficient (Wildman–Crippen LogP) is 3.20. The molecule has 1 heterocycles. The van der Waals surface area contributed by atoms with Crippen LogP contribution in [-0.4, -0.2) is 99.5 Å². The Balaban J connectivity index is 2.09. The summed E-state index contributed by atoms with van der Waals surface area (Å²) in [6, 6.07) is 0.123. The smallest absolute Gasteiger partial charge is 0.410 e. The van der Waals surface area contributed by atoms with E-state index in [9.17, 15) is 9.90 Å². The molecule has 1 saturated heterocycles. The molecule has 0 radical (unpaired) electrons. The van der Waals surface area contributed by atoms with Gasteiger partial charge < -0.3 is 34.3 Å². The molecule has 4 atom stereocenters. The van der Waals surface area contributed by atoms with Gasteiger partial charge >= 0.3 is 6.09 Å². The largest absolute Gasteiger partial charge is 0.494 e. The van der Waals surface area contributed by atoms with Crippen LogP contribution in [0.2, 0.25) is 0 Å². The molecule has 0 saturated carbocycles. The van der Waals surface area contributed by atoms with Gasteiger partial charge in [0.15, 0.2) is 5.76 Å². The van der Waals surface area contributed by atoms with Gasteiger partial charge in [-0.15, -0.1) is 0 Å². The second-order valence-corrected chi connectivity index (χ2v) is 11.1. The first-order valence-electron chi connectivity index (χ1n) is 13.1. The third kappa shape index (κ3) is 8.94. The molecular weight excluding hydrogens is 462 g/mol. The second-order valence-electron chi connectivity index (χ2n) is 11.1. The molecule has 9 nitrogen and oxygen atoms in total. The number of methoxy groups -OCH3 is 2. The van der Waals surface area contributed by atoms with Gasteiger partial charge in [-0.25, -0.2) is 4.79 Å². The number of hydrogen-bond donors (Lipinski definition) is 2. The third-order valence-electron chi connectivity index (χ3n) is 6.71. The number of aliphatic hydroxyl groups excluding tert-OH is 1. The number of ether oxygens (including phenoxy) is 4. The molecule has 1 aliphatic carbocycles. The normalized spacial score (nSPS) is 23.5. The highest BCUT2D eigenvalue weighted by molar-refractivity contribution is 5.68. The van der Waals surface area contributed by atoms with Crippen molar-refractivity contribution < 1.29 is 28.8 Å². The van der Waals surface area contributed by atoms with Crippen molar-refractivity contribution in [3.63, 3.8) is 0 Å². The number of aliphatic hydroxyl groups is 1. The van der Waals surface area contributed by atoms with Crippen LogP contribution in [-0.2, 0) is 18.9 Å². The van der Waals surface area contributed by atoms with E-state index in [1.165, 1.54) is 0 Å². The Morgan fingerprint density at radius 2 is 1.92 bits per heavy atom. The lowest BCUT2D eigenvalue weighted by Crippen LogP contribution is -2.48. The van der Waals surface area contributed by atoms with Crippen molar-refractivity contribution in [2.75, 3.05) is 60.7 Å². The number of hydrogen-bond acceptors (Lipinski definition) is 8. The van der Waals surface area contributed by atoms with Crippen molar-refractivity contribution in [3.8, 4) is 0 Å². The fourth-order valence-electron chi connectivity index (χ4n) is 4.86. The van der Waals surface area contributed by atoms with Gasteiger partial charge in [-0.2, -0.15) is 0 Å². The van der Waals surface area contributed by atoms with Crippen LogP contribution in [0, 0.1) is 17.8 Å². The average Bonchev–Trinajstić information content (AvgIpc) is 3.21. The van der Waals surface area contributed by atoms with Crippen LogP contribution in [0.4, 0.5) is 4.79 Å². The van der Waals surface area contributed by atoms with E-state index in [0.29, 0.717) is 45.0 Å². The van der Waals surface area contributed by atoms with Gasteiger partial charge in [0.2, 0.25) is 0 Å². The highest BCUT2D eigenvalue weighted by Gasteiger charge is 2.40. The van der Waals surface area contributed by atoms with Crippen LogP contribution in [0.1, 0.15) is 47.5 Å². The minimum atomic E-state index is -0.692. The molecule has 1 aliphatic heterocycles. The molecule has 2 rings (SSSR count). The van der Waals surface area contributed by atoms with Gasteiger partial charge in [-0.05, 0) is 66.1 Å². The number of rotatable bonds is 13. The predicted molar refractivity (Wildman–Crippen MR) is 140 cm³/mol. The van der Waals surface area contributed by atoms with Crippen LogP contribution in [0.15, 0.2) is 23.7 Å². The monoisotopic (exact) mass is 511 g/mol. The number of nitrogens with zero attached hydrogens (tertiary/aromatic N) is 2. The molecule has 0 aromatic heterocycles.